The molecule has 1 heterocycles. The van der Waals surface area contributed by atoms with Crippen LogP contribution in [0.15, 0.2) is 24.3 Å². The molecule has 1 fully saturated rings. The topological polar surface area (TPSA) is 33.3 Å². The van der Waals surface area contributed by atoms with Gasteiger partial charge in [0.2, 0.25) is 0 Å². The molecule has 3 nitrogen and oxygen atoms in total. The van der Waals surface area contributed by atoms with Gasteiger partial charge in [-0.05, 0) is 30.5 Å². The number of nitrogens with one attached hydrogen (secondary N) is 2. The molecule has 2 N–H and O–H groups in total. The van der Waals surface area contributed by atoms with Crippen molar-refractivity contribution in [2.45, 2.75) is 6.42 Å². The molecule has 88 valence electrons. The van der Waals surface area contributed by atoms with Crippen LogP contribution >= 0.6 is 0 Å². The molecule has 0 radical (unpaired) electrons. The first-order valence-corrected chi connectivity index (χ1v) is 5.93. The molecule has 1 aliphatic rings. The van der Waals surface area contributed by atoms with E-state index in [2.05, 4.69) is 22.8 Å². The molecule has 0 aromatic heterocycles. The highest BCUT2D eigenvalue weighted by atomic mass is 16.5. The van der Waals surface area contributed by atoms with Crippen LogP contribution in [-0.2, 0) is 6.42 Å². The van der Waals surface area contributed by atoms with E-state index < -0.39 is 0 Å². The molecule has 2 rings (SSSR count). The van der Waals surface area contributed by atoms with Crippen molar-refractivity contribution in [3.8, 4) is 5.75 Å². The van der Waals surface area contributed by atoms with Crippen LogP contribution in [0, 0.1) is 5.92 Å². The van der Waals surface area contributed by atoms with Gasteiger partial charge in [-0.3, -0.25) is 0 Å². The van der Waals surface area contributed by atoms with Gasteiger partial charge < -0.3 is 15.4 Å². The van der Waals surface area contributed by atoms with Crippen LogP contribution in [-0.4, -0.2) is 33.3 Å². The number of ether oxygens (including phenoxy) is 1. The molecular formula is C13H20N2O. The summed E-state index contributed by atoms with van der Waals surface area (Å²) in [6.07, 6.45) is 1.03. The van der Waals surface area contributed by atoms with Gasteiger partial charge in [-0.1, -0.05) is 18.2 Å². The molecule has 0 atom stereocenters. The van der Waals surface area contributed by atoms with E-state index in [0.717, 1.165) is 31.2 Å². The summed E-state index contributed by atoms with van der Waals surface area (Å²) in [5.74, 6) is 1.83. The van der Waals surface area contributed by atoms with Crippen LogP contribution in [0.5, 0.6) is 5.75 Å². The van der Waals surface area contributed by atoms with E-state index in [1.54, 1.807) is 7.11 Å². The van der Waals surface area contributed by atoms with Crippen LogP contribution in [0.1, 0.15) is 5.56 Å². The van der Waals surface area contributed by atoms with Gasteiger partial charge in [-0.15, -0.1) is 0 Å². The Kier molecular flexibility index (Phi) is 4.19. The Labute approximate surface area is 97.2 Å². The maximum Gasteiger partial charge on any atom is 0.122 e. The summed E-state index contributed by atoms with van der Waals surface area (Å²) < 4.78 is 5.32. The third-order valence-electron chi connectivity index (χ3n) is 3.06. The van der Waals surface area contributed by atoms with Gasteiger partial charge in [0.05, 0.1) is 7.11 Å². The lowest BCUT2D eigenvalue weighted by Crippen LogP contribution is -2.47. The normalized spacial score (nSPS) is 15.8. The fourth-order valence-corrected chi connectivity index (χ4v) is 1.93. The number of benzene rings is 1. The minimum atomic E-state index is 0.831. The predicted octanol–water partition coefficient (Wildman–Crippen LogP) is 1.05. The first-order chi connectivity index (χ1) is 7.90. The van der Waals surface area contributed by atoms with E-state index >= 15 is 0 Å². The number of para-hydroxylation sites is 1. The van der Waals surface area contributed by atoms with Crippen LogP contribution in [0.4, 0.5) is 0 Å². The molecule has 0 aliphatic carbocycles. The molecule has 1 aromatic rings. The molecule has 0 spiro atoms. The molecule has 1 saturated heterocycles. The van der Waals surface area contributed by atoms with Gasteiger partial charge in [-0.2, -0.15) is 0 Å². The number of methoxy groups -OCH3 is 1. The zero-order valence-corrected chi connectivity index (χ0v) is 9.83. The van der Waals surface area contributed by atoms with Gasteiger partial charge >= 0.3 is 0 Å². The van der Waals surface area contributed by atoms with Gasteiger partial charge in [-0.25, -0.2) is 0 Å². The summed E-state index contributed by atoms with van der Waals surface area (Å²) in [7, 11) is 1.73. The molecule has 0 saturated carbocycles. The zero-order chi connectivity index (χ0) is 11.2. The Morgan fingerprint density at radius 3 is 2.88 bits per heavy atom. The average Bonchev–Trinajstić information content (AvgIpc) is 2.27. The largest absolute Gasteiger partial charge is 0.496 e. The van der Waals surface area contributed by atoms with Crippen molar-refractivity contribution < 1.29 is 4.74 Å². The van der Waals surface area contributed by atoms with Crippen LogP contribution < -0.4 is 15.4 Å². The van der Waals surface area contributed by atoms with E-state index in [-0.39, 0.29) is 0 Å². The lowest BCUT2D eigenvalue weighted by molar-refractivity contribution is 0.332. The zero-order valence-electron chi connectivity index (χ0n) is 9.83. The highest BCUT2D eigenvalue weighted by Gasteiger charge is 2.15. The number of hydrogen-bond donors (Lipinski definition) is 2. The molecule has 1 aromatic carbocycles. The lowest BCUT2D eigenvalue weighted by Gasteiger charge is -2.27. The molecule has 1 aliphatic heterocycles. The van der Waals surface area contributed by atoms with Gasteiger partial charge in [0.15, 0.2) is 0 Å². The Balaban J connectivity index is 1.71. The number of hydrogen-bond acceptors (Lipinski definition) is 3. The maximum absolute atomic E-state index is 5.32. The average molecular weight is 220 g/mol. The fraction of sp³-hybridized carbons (Fsp3) is 0.538. The second-order valence-electron chi connectivity index (χ2n) is 4.29. The van der Waals surface area contributed by atoms with Crippen molar-refractivity contribution in [3.63, 3.8) is 0 Å². The molecular weight excluding hydrogens is 200 g/mol. The minimum Gasteiger partial charge on any atom is -0.496 e. The van der Waals surface area contributed by atoms with E-state index in [0.29, 0.717) is 0 Å². The van der Waals surface area contributed by atoms with Gasteiger partial charge in [0.1, 0.15) is 5.75 Å². The third kappa shape index (κ3) is 2.97. The second kappa shape index (κ2) is 5.87. The van der Waals surface area contributed by atoms with Crippen LogP contribution in [0.2, 0.25) is 0 Å². The second-order valence-corrected chi connectivity index (χ2v) is 4.29. The first-order valence-electron chi connectivity index (χ1n) is 5.93. The van der Waals surface area contributed by atoms with Crippen LogP contribution in [0.3, 0.4) is 0 Å². The highest BCUT2D eigenvalue weighted by molar-refractivity contribution is 5.33. The SMILES string of the molecule is COc1ccccc1CCNCC1CNC1. The molecule has 0 unspecified atom stereocenters. The summed E-state index contributed by atoms with van der Waals surface area (Å²) in [6, 6.07) is 8.22. The maximum atomic E-state index is 5.32. The van der Waals surface area contributed by atoms with Crippen molar-refractivity contribution in [3.05, 3.63) is 29.8 Å². The van der Waals surface area contributed by atoms with Gasteiger partial charge in [0, 0.05) is 19.6 Å². The smallest absolute Gasteiger partial charge is 0.122 e. The van der Waals surface area contributed by atoms with Crippen molar-refractivity contribution in [2.24, 2.45) is 5.92 Å². The molecule has 0 amide bonds. The van der Waals surface area contributed by atoms with Crippen molar-refractivity contribution in [1.82, 2.24) is 10.6 Å². The van der Waals surface area contributed by atoms with Gasteiger partial charge in [0.25, 0.3) is 0 Å². The standard InChI is InChI=1S/C13H20N2O/c1-16-13-5-3-2-4-12(13)6-7-14-8-11-9-15-10-11/h2-5,11,14-15H,6-10H2,1H3. The summed E-state index contributed by atoms with van der Waals surface area (Å²) >= 11 is 0. The predicted molar refractivity (Wildman–Crippen MR) is 65.9 cm³/mol. The summed E-state index contributed by atoms with van der Waals surface area (Å²) in [5.41, 5.74) is 1.28. The Bertz CT molecular complexity index is 323. The van der Waals surface area contributed by atoms with E-state index in [1.807, 2.05) is 12.1 Å². The van der Waals surface area contributed by atoms with E-state index in [9.17, 15) is 0 Å². The van der Waals surface area contributed by atoms with Crippen LogP contribution in [0.25, 0.3) is 0 Å². The Morgan fingerprint density at radius 2 is 2.19 bits per heavy atom. The monoisotopic (exact) mass is 220 g/mol. The Morgan fingerprint density at radius 1 is 1.38 bits per heavy atom. The molecule has 0 bridgehead atoms. The fourth-order valence-electron chi connectivity index (χ4n) is 1.93. The number of rotatable bonds is 6. The van der Waals surface area contributed by atoms with Crippen molar-refractivity contribution in [1.29, 1.82) is 0 Å². The third-order valence-corrected chi connectivity index (χ3v) is 3.06. The first kappa shape index (κ1) is 11.4. The van der Waals surface area contributed by atoms with E-state index in [4.69, 9.17) is 4.74 Å². The van der Waals surface area contributed by atoms with Crippen molar-refractivity contribution >= 4 is 0 Å². The molecule has 16 heavy (non-hydrogen) atoms. The summed E-state index contributed by atoms with van der Waals surface area (Å²) in [5, 5.41) is 6.77. The molecule has 3 heteroatoms. The van der Waals surface area contributed by atoms with Crippen molar-refractivity contribution in [2.75, 3.05) is 33.3 Å². The lowest BCUT2D eigenvalue weighted by atomic mass is 10.0. The summed E-state index contributed by atoms with van der Waals surface area (Å²) in [6.45, 7) is 4.49. The Hall–Kier alpha value is -1.06. The minimum absolute atomic E-state index is 0.831. The highest BCUT2D eigenvalue weighted by Crippen LogP contribution is 2.17. The quantitative estimate of drug-likeness (QED) is 0.703. The summed E-state index contributed by atoms with van der Waals surface area (Å²) in [4.78, 5) is 0. The van der Waals surface area contributed by atoms with E-state index in [1.165, 1.54) is 18.7 Å².